The number of allylic oxidation sites excluding steroid dienone is 2. The number of aliphatic carboxylic acids is 1. The van der Waals surface area contributed by atoms with Gasteiger partial charge in [0.1, 0.15) is 11.8 Å². The van der Waals surface area contributed by atoms with Gasteiger partial charge in [-0.3, -0.25) is 9.78 Å². The zero-order valence-corrected chi connectivity index (χ0v) is 20.6. The number of pyridine rings is 2. The highest BCUT2D eigenvalue weighted by Gasteiger charge is 2.45. The molecule has 7 heteroatoms. The number of nitrogens with zero attached hydrogens (tertiary/aromatic N) is 2. The molecule has 1 aliphatic carbocycles. The summed E-state index contributed by atoms with van der Waals surface area (Å²) in [6.45, 7) is 3.76. The fourth-order valence-electron chi connectivity index (χ4n) is 4.59. The van der Waals surface area contributed by atoms with E-state index < -0.39 is 17.4 Å². The van der Waals surface area contributed by atoms with E-state index in [1.165, 1.54) is 6.08 Å². The van der Waals surface area contributed by atoms with Gasteiger partial charge in [0.2, 0.25) is 5.88 Å². The van der Waals surface area contributed by atoms with E-state index in [0.717, 1.165) is 27.6 Å². The molecule has 37 heavy (non-hydrogen) atoms. The van der Waals surface area contributed by atoms with Gasteiger partial charge in [-0.25, -0.2) is 9.78 Å². The first kappa shape index (κ1) is 24.2. The lowest BCUT2D eigenvalue weighted by atomic mass is 9.69. The molecule has 4 aromatic rings. The molecule has 0 saturated carbocycles. The Kier molecular flexibility index (Phi) is 6.44. The maximum absolute atomic E-state index is 12.5. The summed E-state index contributed by atoms with van der Waals surface area (Å²) >= 11 is 0. The summed E-state index contributed by atoms with van der Waals surface area (Å²) in [4.78, 5) is 33.2. The molecule has 0 unspecified atom stereocenters. The van der Waals surface area contributed by atoms with Crippen LogP contribution in [-0.2, 0) is 22.4 Å². The van der Waals surface area contributed by atoms with Gasteiger partial charge in [0.05, 0.1) is 10.8 Å². The van der Waals surface area contributed by atoms with Gasteiger partial charge in [-0.1, -0.05) is 42.5 Å². The molecule has 0 spiro atoms. The molecule has 2 aromatic heterocycles. The van der Waals surface area contributed by atoms with Crippen LogP contribution in [0, 0.1) is 12.3 Å². The molecular weight excluding hydrogens is 466 g/mol. The number of hydrogen-bond acceptors (Lipinski definition) is 6. The lowest BCUT2D eigenvalue weighted by molar-refractivity contribution is -0.139. The number of rotatable bonds is 9. The average molecular weight is 494 g/mol. The first-order valence-corrected chi connectivity index (χ1v) is 12.1. The van der Waals surface area contributed by atoms with Crippen molar-refractivity contribution in [2.24, 2.45) is 5.41 Å². The van der Waals surface area contributed by atoms with Crippen LogP contribution in [0.5, 0.6) is 11.6 Å². The molecule has 5 rings (SSSR count). The third-order valence-corrected chi connectivity index (χ3v) is 6.75. The fourth-order valence-corrected chi connectivity index (χ4v) is 4.59. The van der Waals surface area contributed by atoms with E-state index in [1.54, 1.807) is 24.5 Å². The molecule has 2 atom stereocenters. The minimum atomic E-state index is -0.981. The highest BCUT2D eigenvalue weighted by atomic mass is 16.5. The Labute approximate surface area is 214 Å². The Bertz CT molecular complexity index is 1500. The van der Waals surface area contributed by atoms with Crippen LogP contribution in [0.1, 0.15) is 23.7 Å². The standard InChI is InChI=1S/C30H27N3O4/c1-19-14-22-12-13-31-18-24(22)28(32-19)37-23-10-8-20(9-11-23)15-25(29(35)36)33-26-16-27(34)30(26,2)17-21-6-4-3-5-7-21/h3-14,16,18,25,33H,15,17H2,1-2H3,(H,35,36)/t25-,30-/m0/s1. The number of fused-ring (bicyclic) bond motifs is 1. The average Bonchev–Trinajstić information content (AvgIpc) is 2.89. The number of carbonyl (C=O) groups is 2. The summed E-state index contributed by atoms with van der Waals surface area (Å²) in [5, 5.41) is 14.8. The van der Waals surface area contributed by atoms with Crippen molar-refractivity contribution in [3.05, 3.63) is 108 Å². The second-order valence-corrected chi connectivity index (χ2v) is 9.57. The molecule has 186 valence electrons. The fraction of sp³-hybridized carbons (Fsp3) is 0.200. The van der Waals surface area contributed by atoms with E-state index in [4.69, 9.17) is 4.74 Å². The van der Waals surface area contributed by atoms with E-state index in [0.29, 0.717) is 23.7 Å². The van der Waals surface area contributed by atoms with Gasteiger partial charge in [0.25, 0.3) is 0 Å². The second kappa shape index (κ2) is 9.85. The van der Waals surface area contributed by atoms with Gasteiger partial charge in [0, 0.05) is 36.3 Å². The number of aryl methyl sites for hydroxylation is 1. The Morgan fingerprint density at radius 2 is 1.84 bits per heavy atom. The smallest absolute Gasteiger partial charge is 0.326 e. The summed E-state index contributed by atoms with van der Waals surface area (Å²) in [6, 6.07) is 20.0. The van der Waals surface area contributed by atoms with Crippen molar-refractivity contribution >= 4 is 22.5 Å². The van der Waals surface area contributed by atoms with Gasteiger partial charge in [-0.15, -0.1) is 0 Å². The maximum Gasteiger partial charge on any atom is 0.326 e. The normalized spacial score (nSPS) is 17.6. The predicted octanol–water partition coefficient (Wildman–Crippen LogP) is 5.03. The molecular formula is C30H27N3O4. The molecule has 1 aliphatic rings. The summed E-state index contributed by atoms with van der Waals surface area (Å²) in [6.07, 6.45) is 5.72. The van der Waals surface area contributed by atoms with Crippen molar-refractivity contribution in [1.82, 2.24) is 15.3 Å². The highest BCUT2D eigenvalue weighted by molar-refractivity contribution is 6.04. The second-order valence-electron chi connectivity index (χ2n) is 9.57. The minimum absolute atomic E-state index is 0.00280. The number of nitrogens with one attached hydrogen (secondary N) is 1. The van der Waals surface area contributed by atoms with Gasteiger partial charge in [0.15, 0.2) is 5.78 Å². The van der Waals surface area contributed by atoms with Crippen LogP contribution in [0.15, 0.2) is 90.9 Å². The Hall–Kier alpha value is -4.52. The van der Waals surface area contributed by atoms with Crippen molar-refractivity contribution < 1.29 is 19.4 Å². The summed E-state index contributed by atoms with van der Waals surface area (Å²) in [5.41, 5.74) is 2.58. The van der Waals surface area contributed by atoms with Crippen LogP contribution in [0.3, 0.4) is 0 Å². The van der Waals surface area contributed by atoms with E-state index in [2.05, 4.69) is 15.3 Å². The summed E-state index contributed by atoms with van der Waals surface area (Å²) in [7, 11) is 0. The number of carboxylic acid groups (broad SMARTS) is 1. The number of carboxylic acids is 1. The van der Waals surface area contributed by atoms with Crippen molar-refractivity contribution in [3.8, 4) is 11.6 Å². The van der Waals surface area contributed by atoms with E-state index in [-0.39, 0.29) is 12.2 Å². The zero-order chi connectivity index (χ0) is 26.0. The van der Waals surface area contributed by atoms with E-state index in [1.807, 2.05) is 68.4 Å². The number of ketones is 1. The largest absolute Gasteiger partial charge is 0.480 e. The molecule has 2 heterocycles. The topological polar surface area (TPSA) is 101 Å². The number of hydrogen-bond donors (Lipinski definition) is 2. The maximum atomic E-state index is 12.5. The zero-order valence-electron chi connectivity index (χ0n) is 20.6. The Morgan fingerprint density at radius 1 is 1.08 bits per heavy atom. The number of carbonyl (C=O) groups excluding carboxylic acids is 1. The number of benzene rings is 2. The molecule has 7 nitrogen and oxygen atoms in total. The monoisotopic (exact) mass is 493 g/mol. The summed E-state index contributed by atoms with van der Waals surface area (Å²) in [5.74, 6) is 0.0809. The van der Waals surface area contributed by atoms with Crippen LogP contribution in [0.25, 0.3) is 10.8 Å². The first-order chi connectivity index (χ1) is 17.8. The van der Waals surface area contributed by atoms with Crippen molar-refractivity contribution in [1.29, 1.82) is 0 Å². The van der Waals surface area contributed by atoms with Crippen molar-refractivity contribution in [2.45, 2.75) is 32.7 Å². The van der Waals surface area contributed by atoms with Crippen LogP contribution < -0.4 is 10.1 Å². The van der Waals surface area contributed by atoms with Crippen LogP contribution in [0.2, 0.25) is 0 Å². The third-order valence-electron chi connectivity index (χ3n) is 6.75. The molecule has 0 saturated heterocycles. The van der Waals surface area contributed by atoms with Crippen molar-refractivity contribution in [2.75, 3.05) is 0 Å². The molecule has 2 N–H and O–H groups in total. The van der Waals surface area contributed by atoms with Gasteiger partial charge < -0.3 is 15.2 Å². The van der Waals surface area contributed by atoms with Gasteiger partial charge >= 0.3 is 5.97 Å². The lowest BCUT2D eigenvalue weighted by Crippen LogP contribution is -2.50. The van der Waals surface area contributed by atoms with Gasteiger partial charge in [-0.05, 0) is 61.0 Å². The van der Waals surface area contributed by atoms with Crippen molar-refractivity contribution in [3.63, 3.8) is 0 Å². The van der Waals surface area contributed by atoms with E-state index in [9.17, 15) is 14.7 Å². The number of ether oxygens (including phenoxy) is 1. The molecule has 0 radical (unpaired) electrons. The minimum Gasteiger partial charge on any atom is -0.480 e. The molecule has 0 aliphatic heterocycles. The number of aromatic nitrogens is 2. The molecule has 0 fully saturated rings. The van der Waals surface area contributed by atoms with Crippen LogP contribution in [-0.4, -0.2) is 32.9 Å². The molecule has 2 aromatic carbocycles. The van der Waals surface area contributed by atoms with Gasteiger partial charge in [-0.2, -0.15) is 0 Å². The predicted molar refractivity (Wildman–Crippen MR) is 140 cm³/mol. The van der Waals surface area contributed by atoms with E-state index >= 15 is 0 Å². The first-order valence-electron chi connectivity index (χ1n) is 12.1. The lowest BCUT2D eigenvalue weighted by Gasteiger charge is -2.39. The molecule has 0 amide bonds. The van der Waals surface area contributed by atoms with Crippen LogP contribution in [0.4, 0.5) is 0 Å². The molecule has 0 bridgehead atoms. The SMILES string of the molecule is Cc1cc2ccncc2c(Oc2ccc(C[C@H](NC3=CC(=O)[C@@]3(C)Cc3ccccc3)C(=O)O)cc2)n1. The highest BCUT2D eigenvalue weighted by Crippen LogP contribution is 2.39. The Morgan fingerprint density at radius 3 is 2.54 bits per heavy atom. The Balaban J connectivity index is 1.28. The quantitative estimate of drug-likeness (QED) is 0.337. The summed E-state index contributed by atoms with van der Waals surface area (Å²) < 4.78 is 6.04. The van der Waals surface area contributed by atoms with Crippen LogP contribution >= 0.6 is 0 Å². The third kappa shape index (κ3) is 5.07.